The zero-order valence-corrected chi connectivity index (χ0v) is 11.7. The van der Waals surface area contributed by atoms with E-state index >= 15 is 0 Å². The molecule has 0 amide bonds. The second-order valence-electron chi connectivity index (χ2n) is 5.07. The van der Waals surface area contributed by atoms with Gasteiger partial charge in [-0.15, -0.1) is 0 Å². The summed E-state index contributed by atoms with van der Waals surface area (Å²) in [5, 5.41) is 3.82. The van der Waals surface area contributed by atoms with Crippen molar-refractivity contribution in [1.82, 2.24) is 5.32 Å². The van der Waals surface area contributed by atoms with Gasteiger partial charge in [0.1, 0.15) is 0 Å². The Morgan fingerprint density at radius 1 is 1.29 bits per heavy atom. The summed E-state index contributed by atoms with van der Waals surface area (Å²) >= 11 is 1.94. The Hall–Kier alpha value is -0.470. The third kappa shape index (κ3) is 4.04. The number of hydrogen-bond donors (Lipinski definition) is 1. The fraction of sp³-hybridized carbons (Fsp3) is 0.600. The van der Waals surface area contributed by atoms with Crippen molar-refractivity contribution in [3.8, 4) is 0 Å². The van der Waals surface area contributed by atoms with Crippen molar-refractivity contribution in [2.45, 2.75) is 38.3 Å². The molecule has 17 heavy (non-hydrogen) atoms. The number of thioether (sulfide) groups is 1. The van der Waals surface area contributed by atoms with E-state index in [1.165, 1.54) is 30.6 Å². The van der Waals surface area contributed by atoms with Crippen LogP contribution in [-0.4, -0.2) is 18.1 Å². The molecule has 0 aromatic heterocycles. The smallest absolute Gasteiger partial charge is 0.0350 e. The molecule has 94 valence electrons. The summed E-state index contributed by atoms with van der Waals surface area (Å²) in [7, 11) is 0. The van der Waals surface area contributed by atoms with Gasteiger partial charge < -0.3 is 5.32 Å². The monoisotopic (exact) mass is 249 g/mol. The van der Waals surface area contributed by atoms with E-state index in [9.17, 15) is 0 Å². The van der Waals surface area contributed by atoms with Crippen LogP contribution in [0.4, 0.5) is 0 Å². The first-order valence-electron chi connectivity index (χ1n) is 6.61. The largest absolute Gasteiger partial charge is 0.307 e. The Morgan fingerprint density at radius 3 is 2.59 bits per heavy atom. The van der Waals surface area contributed by atoms with Gasteiger partial charge in [-0.2, -0.15) is 11.8 Å². The molecule has 2 rings (SSSR count). The van der Waals surface area contributed by atoms with Gasteiger partial charge in [0.2, 0.25) is 0 Å². The van der Waals surface area contributed by atoms with Gasteiger partial charge in [0.05, 0.1) is 0 Å². The molecule has 2 unspecified atom stereocenters. The van der Waals surface area contributed by atoms with Gasteiger partial charge in [-0.05, 0) is 49.7 Å². The average molecular weight is 249 g/mol. The van der Waals surface area contributed by atoms with Gasteiger partial charge in [-0.25, -0.2) is 0 Å². The van der Waals surface area contributed by atoms with E-state index in [0.29, 0.717) is 12.1 Å². The fourth-order valence-electron chi connectivity index (χ4n) is 2.28. The quantitative estimate of drug-likeness (QED) is 0.787. The van der Waals surface area contributed by atoms with Crippen LogP contribution in [0.3, 0.4) is 0 Å². The topological polar surface area (TPSA) is 12.0 Å². The first kappa shape index (κ1) is 13.0. The van der Waals surface area contributed by atoms with Gasteiger partial charge in [0, 0.05) is 12.1 Å². The van der Waals surface area contributed by atoms with Gasteiger partial charge in [0.15, 0.2) is 0 Å². The number of benzene rings is 1. The first-order valence-corrected chi connectivity index (χ1v) is 8.00. The van der Waals surface area contributed by atoms with E-state index in [2.05, 4.69) is 48.8 Å². The molecule has 0 bridgehead atoms. The maximum absolute atomic E-state index is 3.82. The Labute approximate surface area is 109 Å². The summed E-state index contributed by atoms with van der Waals surface area (Å²) < 4.78 is 0. The van der Waals surface area contributed by atoms with Crippen LogP contribution in [0.2, 0.25) is 0 Å². The molecule has 0 radical (unpaired) electrons. The van der Waals surface area contributed by atoms with E-state index in [1.54, 1.807) is 0 Å². The Bertz CT molecular complexity index is 321. The maximum atomic E-state index is 3.82. The zero-order valence-electron chi connectivity index (χ0n) is 10.9. The summed E-state index contributed by atoms with van der Waals surface area (Å²) in [5.41, 5.74) is 1.46. The lowest BCUT2D eigenvalue weighted by atomic mass is 10.0. The van der Waals surface area contributed by atoms with Crippen LogP contribution in [0.25, 0.3) is 0 Å². The second-order valence-corrected chi connectivity index (χ2v) is 6.06. The number of rotatable bonds is 7. The highest BCUT2D eigenvalue weighted by Crippen LogP contribution is 2.41. The molecule has 2 atom stereocenters. The Balaban J connectivity index is 1.94. The van der Waals surface area contributed by atoms with Crippen LogP contribution < -0.4 is 5.32 Å². The summed E-state index contributed by atoms with van der Waals surface area (Å²) in [6.07, 6.45) is 6.23. The van der Waals surface area contributed by atoms with Crippen molar-refractivity contribution in [1.29, 1.82) is 0 Å². The molecular formula is C15H23NS. The lowest BCUT2D eigenvalue weighted by molar-refractivity contribution is 0.414. The van der Waals surface area contributed by atoms with Gasteiger partial charge >= 0.3 is 0 Å². The van der Waals surface area contributed by atoms with Crippen molar-refractivity contribution in [2.75, 3.05) is 12.0 Å². The molecule has 2 heteroatoms. The number of nitrogens with one attached hydrogen (secondary N) is 1. The molecule has 1 saturated carbocycles. The predicted octanol–water partition coefficient (Wildman–Crippen LogP) is 3.87. The standard InChI is InChI=1S/C15H23NS/c1-12(10-11-17-2)16-15(14-8-9-14)13-6-4-3-5-7-13/h3-7,12,14-16H,8-11H2,1-2H3. The highest BCUT2D eigenvalue weighted by atomic mass is 32.2. The third-order valence-corrected chi connectivity index (χ3v) is 4.12. The molecule has 0 heterocycles. The minimum atomic E-state index is 0.577. The van der Waals surface area contributed by atoms with E-state index in [-0.39, 0.29) is 0 Å². The number of hydrogen-bond acceptors (Lipinski definition) is 2. The molecular weight excluding hydrogens is 226 g/mol. The molecule has 1 aliphatic carbocycles. The molecule has 0 spiro atoms. The Kier molecular flexibility index (Phi) is 4.93. The predicted molar refractivity (Wildman–Crippen MR) is 77.5 cm³/mol. The lowest BCUT2D eigenvalue weighted by Gasteiger charge is -2.23. The maximum Gasteiger partial charge on any atom is 0.0350 e. The average Bonchev–Trinajstić information content (AvgIpc) is 3.19. The molecule has 1 fully saturated rings. The zero-order chi connectivity index (χ0) is 12.1. The molecule has 1 nitrogen and oxygen atoms in total. The van der Waals surface area contributed by atoms with E-state index < -0.39 is 0 Å². The van der Waals surface area contributed by atoms with Gasteiger partial charge in [-0.3, -0.25) is 0 Å². The van der Waals surface area contributed by atoms with Crippen molar-refractivity contribution in [3.05, 3.63) is 35.9 Å². The fourth-order valence-corrected chi connectivity index (χ4v) is 2.87. The summed E-state index contributed by atoms with van der Waals surface area (Å²) in [4.78, 5) is 0. The molecule has 1 aromatic carbocycles. The van der Waals surface area contributed by atoms with Crippen molar-refractivity contribution >= 4 is 11.8 Å². The van der Waals surface area contributed by atoms with E-state index in [1.807, 2.05) is 11.8 Å². The van der Waals surface area contributed by atoms with Gasteiger partial charge in [0.25, 0.3) is 0 Å². The SMILES string of the molecule is CSCCC(C)NC(c1ccccc1)C1CC1. The molecule has 0 aliphatic heterocycles. The second kappa shape index (κ2) is 6.46. The minimum absolute atomic E-state index is 0.577. The first-order chi connectivity index (χ1) is 8.31. The molecule has 1 N–H and O–H groups in total. The van der Waals surface area contributed by atoms with Crippen LogP contribution in [0.15, 0.2) is 30.3 Å². The highest BCUT2D eigenvalue weighted by Gasteiger charge is 2.32. The normalized spacial score (nSPS) is 18.9. The van der Waals surface area contributed by atoms with Crippen molar-refractivity contribution in [2.24, 2.45) is 5.92 Å². The molecule has 1 aliphatic rings. The van der Waals surface area contributed by atoms with Crippen molar-refractivity contribution in [3.63, 3.8) is 0 Å². The van der Waals surface area contributed by atoms with Crippen LogP contribution in [0.1, 0.15) is 37.8 Å². The van der Waals surface area contributed by atoms with E-state index in [4.69, 9.17) is 0 Å². The summed E-state index contributed by atoms with van der Waals surface area (Å²) in [6.45, 7) is 2.31. The highest BCUT2D eigenvalue weighted by molar-refractivity contribution is 7.98. The Morgan fingerprint density at radius 2 is 2.00 bits per heavy atom. The van der Waals surface area contributed by atoms with Crippen LogP contribution in [0, 0.1) is 5.92 Å². The minimum Gasteiger partial charge on any atom is -0.307 e. The third-order valence-electron chi connectivity index (χ3n) is 3.47. The van der Waals surface area contributed by atoms with Crippen molar-refractivity contribution < 1.29 is 0 Å². The lowest BCUT2D eigenvalue weighted by Crippen LogP contribution is -2.32. The molecule has 0 saturated heterocycles. The molecule has 1 aromatic rings. The van der Waals surface area contributed by atoms with Gasteiger partial charge in [-0.1, -0.05) is 30.3 Å². The van der Waals surface area contributed by atoms with Crippen LogP contribution in [-0.2, 0) is 0 Å². The summed E-state index contributed by atoms with van der Waals surface area (Å²) in [6, 6.07) is 12.1. The van der Waals surface area contributed by atoms with E-state index in [0.717, 1.165) is 5.92 Å². The van der Waals surface area contributed by atoms with Crippen LogP contribution in [0.5, 0.6) is 0 Å². The summed E-state index contributed by atoms with van der Waals surface area (Å²) in [5.74, 6) is 2.12. The van der Waals surface area contributed by atoms with Crippen LogP contribution >= 0.6 is 11.8 Å².